The van der Waals surface area contributed by atoms with E-state index in [1.165, 1.54) is 7.11 Å². The molecule has 0 aliphatic carbocycles. The van der Waals surface area contributed by atoms with Crippen LogP contribution in [0.1, 0.15) is 23.7 Å². The highest BCUT2D eigenvalue weighted by molar-refractivity contribution is 5.70. The predicted molar refractivity (Wildman–Crippen MR) is 52.8 cm³/mol. The van der Waals surface area contributed by atoms with Crippen LogP contribution in [0.4, 0.5) is 0 Å². The monoisotopic (exact) mass is 194 g/mol. The average molecular weight is 194 g/mol. The van der Waals surface area contributed by atoms with Crippen LogP contribution in [0, 0.1) is 6.92 Å². The molecule has 0 radical (unpaired) electrons. The molecule has 0 unspecified atom stereocenters. The maximum Gasteiger partial charge on any atom is 0.308 e. The van der Waals surface area contributed by atoms with E-state index in [2.05, 4.69) is 4.74 Å². The number of carbonyl (C=O) groups excluding carboxylic acids is 1. The first-order valence-corrected chi connectivity index (χ1v) is 4.45. The number of hydrogen-bond acceptors (Lipinski definition) is 3. The van der Waals surface area contributed by atoms with Crippen molar-refractivity contribution in [3.63, 3.8) is 0 Å². The third-order valence-corrected chi connectivity index (χ3v) is 2.14. The molecule has 1 aromatic carbocycles. The quantitative estimate of drug-likeness (QED) is 0.743. The molecule has 0 aliphatic heterocycles. The summed E-state index contributed by atoms with van der Waals surface area (Å²) in [4.78, 5) is 10.9. The van der Waals surface area contributed by atoms with Gasteiger partial charge in [0.2, 0.25) is 0 Å². The number of ether oxygens (including phenoxy) is 1. The standard InChI is InChI=1S/C11H14O3/c1-8-5-3-4-6-9(8)10(12)7-11(13)14-2/h3-6,10,12H,7H2,1-2H3/t10-/m1/s1. The smallest absolute Gasteiger partial charge is 0.308 e. The van der Waals surface area contributed by atoms with Crippen molar-refractivity contribution in [1.82, 2.24) is 0 Å². The number of aliphatic hydroxyl groups excluding tert-OH is 1. The van der Waals surface area contributed by atoms with Gasteiger partial charge in [-0.25, -0.2) is 0 Å². The Morgan fingerprint density at radius 2 is 2.14 bits per heavy atom. The number of rotatable bonds is 3. The fraction of sp³-hybridized carbons (Fsp3) is 0.364. The van der Waals surface area contributed by atoms with E-state index in [1.54, 1.807) is 0 Å². The lowest BCUT2D eigenvalue weighted by Crippen LogP contribution is -2.08. The van der Waals surface area contributed by atoms with E-state index in [-0.39, 0.29) is 6.42 Å². The second-order valence-electron chi connectivity index (χ2n) is 3.15. The van der Waals surface area contributed by atoms with Crippen LogP contribution in [0.2, 0.25) is 0 Å². The molecular formula is C11H14O3. The Bertz CT molecular complexity index is 320. The lowest BCUT2D eigenvalue weighted by atomic mass is 10.0. The van der Waals surface area contributed by atoms with Gasteiger partial charge in [-0.05, 0) is 18.1 Å². The zero-order valence-corrected chi connectivity index (χ0v) is 8.36. The molecular weight excluding hydrogens is 180 g/mol. The van der Waals surface area contributed by atoms with Crippen LogP contribution in [0.15, 0.2) is 24.3 Å². The Balaban J connectivity index is 2.74. The van der Waals surface area contributed by atoms with Crippen LogP contribution in [0.3, 0.4) is 0 Å². The van der Waals surface area contributed by atoms with Gasteiger partial charge in [0.05, 0.1) is 19.6 Å². The minimum absolute atomic E-state index is 0.00134. The van der Waals surface area contributed by atoms with E-state index in [0.29, 0.717) is 0 Å². The molecule has 0 spiro atoms. The fourth-order valence-electron chi connectivity index (χ4n) is 1.31. The molecule has 1 aromatic rings. The zero-order chi connectivity index (χ0) is 10.6. The Kier molecular flexibility index (Phi) is 3.65. The molecule has 0 fully saturated rings. The van der Waals surface area contributed by atoms with E-state index >= 15 is 0 Å². The second kappa shape index (κ2) is 4.77. The minimum atomic E-state index is -0.774. The van der Waals surface area contributed by atoms with Crippen molar-refractivity contribution < 1.29 is 14.6 Å². The zero-order valence-electron chi connectivity index (χ0n) is 8.36. The lowest BCUT2D eigenvalue weighted by Gasteiger charge is -2.11. The number of methoxy groups -OCH3 is 1. The summed E-state index contributed by atoms with van der Waals surface area (Å²) in [6.07, 6.45) is -0.773. The van der Waals surface area contributed by atoms with E-state index < -0.39 is 12.1 Å². The highest BCUT2D eigenvalue weighted by atomic mass is 16.5. The van der Waals surface area contributed by atoms with Crippen molar-refractivity contribution in [2.45, 2.75) is 19.4 Å². The number of aryl methyl sites for hydroxylation is 1. The highest BCUT2D eigenvalue weighted by Crippen LogP contribution is 2.20. The van der Waals surface area contributed by atoms with Crippen molar-refractivity contribution in [2.75, 3.05) is 7.11 Å². The van der Waals surface area contributed by atoms with Gasteiger partial charge in [0.15, 0.2) is 0 Å². The molecule has 0 amide bonds. The van der Waals surface area contributed by atoms with Crippen LogP contribution < -0.4 is 0 Å². The molecule has 1 N–H and O–H groups in total. The van der Waals surface area contributed by atoms with Crippen molar-refractivity contribution >= 4 is 5.97 Å². The van der Waals surface area contributed by atoms with Gasteiger partial charge in [-0.15, -0.1) is 0 Å². The number of aliphatic hydroxyl groups is 1. The summed E-state index contributed by atoms with van der Waals surface area (Å²) in [6, 6.07) is 7.44. The third kappa shape index (κ3) is 2.57. The van der Waals surface area contributed by atoms with Crippen LogP contribution in [-0.4, -0.2) is 18.2 Å². The SMILES string of the molecule is COC(=O)C[C@@H](O)c1ccccc1C. The van der Waals surface area contributed by atoms with Gasteiger partial charge in [0.25, 0.3) is 0 Å². The first kappa shape index (κ1) is 10.7. The molecule has 3 nitrogen and oxygen atoms in total. The molecule has 14 heavy (non-hydrogen) atoms. The minimum Gasteiger partial charge on any atom is -0.469 e. The number of esters is 1. The predicted octanol–water partition coefficient (Wildman–Crippen LogP) is 1.59. The normalized spacial score (nSPS) is 12.2. The Morgan fingerprint density at radius 3 is 2.71 bits per heavy atom. The maximum absolute atomic E-state index is 10.9. The van der Waals surface area contributed by atoms with Crippen molar-refractivity contribution in [3.05, 3.63) is 35.4 Å². The summed E-state index contributed by atoms with van der Waals surface area (Å²) >= 11 is 0. The van der Waals surface area contributed by atoms with Gasteiger partial charge in [-0.1, -0.05) is 24.3 Å². The average Bonchev–Trinajstić information content (AvgIpc) is 2.18. The van der Waals surface area contributed by atoms with Crippen LogP contribution in [-0.2, 0) is 9.53 Å². The van der Waals surface area contributed by atoms with E-state index in [0.717, 1.165) is 11.1 Å². The Hall–Kier alpha value is -1.35. The van der Waals surface area contributed by atoms with Gasteiger partial charge >= 0.3 is 5.97 Å². The molecule has 3 heteroatoms. The van der Waals surface area contributed by atoms with Gasteiger partial charge in [-0.3, -0.25) is 4.79 Å². The van der Waals surface area contributed by atoms with E-state index in [9.17, 15) is 9.90 Å². The van der Waals surface area contributed by atoms with E-state index in [1.807, 2.05) is 31.2 Å². The molecule has 0 aliphatic rings. The number of benzene rings is 1. The maximum atomic E-state index is 10.9. The van der Waals surface area contributed by atoms with Crippen molar-refractivity contribution in [2.24, 2.45) is 0 Å². The summed E-state index contributed by atoms with van der Waals surface area (Å²) in [7, 11) is 1.31. The molecule has 1 rings (SSSR count). The topological polar surface area (TPSA) is 46.5 Å². The summed E-state index contributed by atoms with van der Waals surface area (Å²) in [5.41, 5.74) is 1.75. The molecule has 0 bridgehead atoms. The summed E-state index contributed by atoms with van der Waals surface area (Å²) in [5, 5.41) is 9.70. The molecule has 0 saturated carbocycles. The van der Waals surface area contributed by atoms with Crippen LogP contribution >= 0.6 is 0 Å². The Morgan fingerprint density at radius 1 is 1.50 bits per heavy atom. The van der Waals surface area contributed by atoms with Gasteiger partial charge in [0.1, 0.15) is 0 Å². The van der Waals surface area contributed by atoms with Gasteiger partial charge in [-0.2, -0.15) is 0 Å². The molecule has 0 aromatic heterocycles. The van der Waals surface area contributed by atoms with Crippen molar-refractivity contribution in [3.8, 4) is 0 Å². The second-order valence-corrected chi connectivity index (χ2v) is 3.15. The fourth-order valence-corrected chi connectivity index (χ4v) is 1.31. The number of hydrogen-bond donors (Lipinski definition) is 1. The number of carbonyl (C=O) groups is 1. The summed E-state index contributed by atoms with van der Waals surface area (Å²) in [5.74, 6) is -0.402. The molecule has 1 atom stereocenters. The van der Waals surface area contributed by atoms with Gasteiger partial charge in [0, 0.05) is 0 Å². The van der Waals surface area contributed by atoms with Crippen LogP contribution in [0.5, 0.6) is 0 Å². The highest BCUT2D eigenvalue weighted by Gasteiger charge is 2.14. The third-order valence-electron chi connectivity index (χ3n) is 2.14. The van der Waals surface area contributed by atoms with Crippen molar-refractivity contribution in [1.29, 1.82) is 0 Å². The first-order chi connectivity index (χ1) is 6.65. The molecule has 0 saturated heterocycles. The Labute approximate surface area is 83.3 Å². The lowest BCUT2D eigenvalue weighted by molar-refractivity contribution is -0.142. The summed E-state index contributed by atoms with van der Waals surface area (Å²) in [6.45, 7) is 1.90. The van der Waals surface area contributed by atoms with Gasteiger partial charge < -0.3 is 9.84 Å². The van der Waals surface area contributed by atoms with E-state index in [4.69, 9.17) is 0 Å². The van der Waals surface area contributed by atoms with Crippen LogP contribution in [0.25, 0.3) is 0 Å². The largest absolute Gasteiger partial charge is 0.469 e. The first-order valence-electron chi connectivity index (χ1n) is 4.45. The summed E-state index contributed by atoms with van der Waals surface area (Å²) < 4.78 is 4.48. The molecule has 0 heterocycles. The molecule has 76 valence electrons.